The minimum absolute atomic E-state index is 0. The largest absolute Gasteiger partial charge is 0.357 e. The zero-order valence-electron chi connectivity index (χ0n) is 14.6. The molecule has 0 bridgehead atoms. The van der Waals surface area contributed by atoms with Crippen molar-refractivity contribution >= 4 is 35.8 Å². The predicted octanol–water partition coefficient (Wildman–Crippen LogP) is 2.99. The number of guanidine groups is 1. The molecule has 1 aromatic carbocycles. The number of nitrogens with zero attached hydrogens (tertiary/aromatic N) is 4. The van der Waals surface area contributed by atoms with Crippen molar-refractivity contribution in [2.75, 3.05) is 37.6 Å². The Kier molecular flexibility index (Phi) is 7.97. The van der Waals surface area contributed by atoms with Gasteiger partial charge in [-0.05, 0) is 24.6 Å². The van der Waals surface area contributed by atoms with E-state index < -0.39 is 0 Å². The van der Waals surface area contributed by atoms with Crippen LogP contribution in [0.4, 0.5) is 5.82 Å². The second-order valence-electron chi connectivity index (χ2n) is 5.82. The summed E-state index contributed by atoms with van der Waals surface area (Å²) in [7, 11) is 0. The molecule has 0 amide bonds. The lowest BCUT2D eigenvalue weighted by Crippen LogP contribution is -2.52. The highest BCUT2D eigenvalue weighted by Crippen LogP contribution is 2.12. The molecule has 2 heterocycles. The number of piperazine rings is 1. The fraction of sp³-hybridized carbons (Fsp3) is 0.368. The average Bonchev–Trinajstić information content (AvgIpc) is 2.67. The monoisotopic (exact) mass is 451 g/mol. The van der Waals surface area contributed by atoms with Crippen molar-refractivity contribution in [1.82, 2.24) is 15.2 Å². The van der Waals surface area contributed by atoms with Crippen LogP contribution < -0.4 is 10.2 Å². The van der Waals surface area contributed by atoms with E-state index in [1.165, 1.54) is 5.56 Å². The van der Waals surface area contributed by atoms with E-state index in [4.69, 9.17) is 4.99 Å². The molecule has 0 aliphatic carbocycles. The number of hydrogen-bond donors (Lipinski definition) is 1. The molecule has 0 radical (unpaired) electrons. The van der Waals surface area contributed by atoms with Crippen LogP contribution in [0.25, 0.3) is 0 Å². The smallest absolute Gasteiger partial charge is 0.194 e. The van der Waals surface area contributed by atoms with Gasteiger partial charge in [-0.1, -0.05) is 36.4 Å². The lowest BCUT2D eigenvalue weighted by Gasteiger charge is -2.37. The maximum Gasteiger partial charge on any atom is 0.194 e. The maximum absolute atomic E-state index is 4.80. The van der Waals surface area contributed by atoms with Gasteiger partial charge < -0.3 is 15.1 Å². The van der Waals surface area contributed by atoms with Crippen molar-refractivity contribution in [3.05, 3.63) is 60.3 Å². The molecular formula is C19H26IN5. The molecular weight excluding hydrogens is 425 g/mol. The Morgan fingerprint density at radius 1 is 1.04 bits per heavy atom. The number of benzene rings is 1. The van der Waals surface area contributed by atoms with E-state index >= 15 is 0 Å². The molecule has 1 fully saturated rings. The van der Waals surface area contributed by atoms with Crippen LogP contribution in [0.15, 0.2) is 59.7 Å². The highest BCUT2D eigenvalue weighted by atomic mass is 127. The molecule has 0 spiro atoms. The number of nitrogens with one attached hydrogen (secondary N) is 1. The summed E-state index contributed by atoms with van der Waals surface area (Å²) >= 11 is 0. The van der Waals surface area contributed by atoms with Crippen LogP contribution in [-0.2, 0) is 6.54 Å². The third-order valence-corrected chi connectivity index (χ3v) is 4.14. The summed E-state index contributed by atoms with van der Waals surface area (Å²) in [4.78, 5) is 13.9. The molecule has 0 atom stereocenters. The molecule has 134 valence electrons. The number of halogens is 1. The van der Waals surface area contributed by atoms with E-state index in [1.54, 1.807) is 0 Å². The lowest BCUT2D eigenvalue weighted by molar-refractivity contribution is 0.371. The standard InChI is InChI=1S/C19H25N5.HI/c1-2-20-19(22-16-17-8-4-3-5-9-17)24-14-12-23(13-15-24)18-10-6-7-11-21-18;/h3-11H,2,12-16H2,1H3,(H,20,22);1H. The fourth-order valence-corrected chi connectivity index (χ4v) is 2.86. The molecule has 5 nitrogen and oxygen atoms in total. The Morgan fingerprint density at radius 2 is 1.76 bits per heavy atom. The molecule has 1 aromatic heterocycles. The normalized spacial score (nSPS) is 14.8. The van der Waals surface area contributed by atoms with E-state index in [1.807, 2.05) is 24.4 Å². The average molecular weight is 451 g/mol. The number of aliphatic imine (C=N–C) groups is 1. The Balaban J connectivity index is 0.00000225. The highest BCUT2D eigenvalue weighted by Gasteiger charge is 2.20. The van der Waals surface area contributed by atoms with Crippen molar-refractivity contribution < 1.29 is 0 Å². The van der Waals surface area contributed by atoms with Crippen LogP contribution in [0, 0.1) is 0 Å². The quantitative estimate of drug-likeness (QED) is 0.441. The first-order chi connectivity index (χ1) is 11.9. The van der Waals surface area contributed by atoms with Crippen LogP contribution >= 0.6 is 24.0 Å². The molecule has 0 unspecified atom stereocenters. The van der Waals surface area contributed by atoms with Gasteiger partial charge in [0.05, 0.1) is 6.54 Å². The van der Waals surface area contributed by atoms with E-state index in [0.717, 1.165) is 44.5 Å². The first-order valence-corrected chi connectivity index (χ1v) is 8.60. The van der Waals surface area contributed by atoms with Gasteiger partial charge in [-0.3, -0.25) is 0 Å². The fourth-order valence-electron chi connectivity index (χ4n) is 2.86. The number of anilines is 1. The van der Waals surface area contributed by atoms with Crippen molar-refractivity contribution in [3.8, 4) is 0 Å². The van der Waals surface area contributed by atoms with E-state index in [-0.39, 0.29) is 24.0 Å². The number of aromatic nitrogens is 1. The third-order valence-electron chi connectivity index (χ3n) is 4.14. The third kappa shape index (κ3) is 5.59. The SMILES string of the molecule is CCNC(=NCc1ccccc1)N1CCN(c2ccccn2)CC1.I. The second-order valence-corrected chi connectivity index (χ2v) is 5.82. The minimum atomic E-state index is 0. The molecule has 1 N–H and O–H groups in total. The van der Waals surface area contributed by atoms with Crippen LogP contribution in [0.5, 0.6) is 0 Å². The summed E-state index contributed by atoms with van der Waals surface area (Å²) in [6.07, 6.45) is 1.85. The van der Waals surface area contributed by atoms with Crippen molar-refractivity contribution in [2.45, 2.75) is 13.5 Å². The van der Waals surface area contributed by atoms with E-state index in [0.29, 0.717) is 6.54 Å². The topological polar surface area (TPSA) is 43.8 Å². The Bertz CT molecular complexity index is 639. The Morgan fingerprint density at radius 3 is 2.40 bits per heavy atom. The van der Waals surface area contributed by atoms with E-state index in [9.17, 15) is 0 Å². The zero-order valence-corrected chi connectivity index (χ0v) is 17.0. The maximum atomic E-state index is 4.80. The van der Waals surface area contributed by atoms with Crippen LogP contribution in [0.2, 0.25) is 0 Å². The lowest BCUT2D eigenvalue weighted by atomic mass is 10.2. The summed E-state index contributed by atoms with van der Waals surface area (Å²) in [5.41, 5.74) is 1.24. The summed E-state index contributed by atoms with van der Waals surface area (Å²) in [6, 6.07) is 16.5. The van der Waals surface area contributed by atoms with Gasteiger partial charge in [0.2, 0.25) is 0 Å². The first-order valence-electron chi connectivity index (χ1n) is 8.60. The van der Waals surface area contributed by atoms with Crippen LogP contribution in [-0.4, -0.2) is 48.6 Å². The summed E-state index contributed by atoms with van der Waals surface area (Å²) in [5, 5.41) is 3.42. The van der Waals surface area contributed by atoms with E-state index in [2.05, 4.69) is 57.4 Å². The van der Waals surface area contributed by atoms with Crippen molar-refractivity contribution in [3.63, 3.8) is 0 Å². The van der Waals surface area contributed by atoms with Crippen LogP contribution in [0.1, 0.15) is 12.5 Å². The molecule has 0 saturated carbocycles. The van der Waals surface area contributed by atoms with Gasteiger partial charge in [-0.15, -0.1) is 24.0 Å². The van der Waals surface area contributed by atoms with Gasteiger partial charge in [-0.25, -0.2) is 9.98 Å². The minimum Gasteiger partial charge on any atom is -0.357 e. The molecule has 6 heteroatoms. The first kappa shape index (κ1) is 19.5. The van der Waals surface area contributed by atoms with Gasteiger partial charge in [-0.2, -0.15) is 0 Å². The van der Waals surface area contributed by atoms with Gasteiger partial charge in [0.1, 0.15) is 5.82 Å². The van der Waals surface area contributed by atoms with Gasteiger partial charge >= 0.3 is 0 Å². The van der Waals surface area contributed by atoms with Crippen molar-refractivity contribution in [1.29, 1.82) is 0 Å². The summed E-state index contributed by atoms with van der Waals surface area (Å²) < 4.78 is 0. The number of rotatable bonds is 4. The molecule has 1 aliphatic heterocycles. The zero-order chi connectivity index (χ0) is 16.6. The van der Waals surface area contributed by atoms with Crippen LogP contribution in [0.3, 0.4) is 0 Å². The summed E-state index contributed by atoms with van der Waals surface area (Å²) in [5.74, 6) is 2.06. The van der Waals surface area contributed by atoms with Gasteiger partial charge in [0.25, 0.3) is 0 Å². The number of hydrogen-bond acceptors (Lipinski definition) is 3. The molecule has 1 saturated heterocycles. The Labute approximate surface area is 167 Å². The summed E-state index contributed by atoms with van der Waals surface area (Å²) in [6.45, 7) is 7.55. The molecule has 1 aliphatic rings. The van der Waals surface area contributed by atoms with Gasteiger partial charge in [0.15, 0.2) is 5.96 Å². The van der Waals surface area contributed by atoms with Crippen molar-refractivity contribution in [2.24, 2.45) is 4.99 Å². The molecule has 3 rings (SSSR count). The predicted molar refractivity (Wildman–Crippen MR) is 115 cm³/mol. The second kappa shape index (κ2) is 10.2. The Hall–Kier alpha value is -1.83. The highest BCUT2D eigenvalue weighted by molar-refractivity contribution is 14.0. The molecule has 25 heavy (non-hydrogen) atoms. The number of pyridine rings is 1. The molecule has 2 aromatic rings. The van der Waals surface area contributed by atoms with Gasteiger partial charge in [0, 0.05) is 38.9 Å².